The molecular formula is C13H15N3O3S. The summed E-state index contributed by atoms with van der Waals surface area (Å²) in [4.78, 5) is 26.2. The van der Waals surface area contributed by atoms with Crippen LogP contribution in [0.1, 0.15) is 15.4 Å². The lowest BCUT2D eigenvalue weighted by Gasteiger charge is -2.12. The number of ether oxygens (including phenoxy) is 1. The van der Waals surface area contributed by atoms with E-state index in [1.807, 2.05) is 12.1 Å². The molecule has 7 heteroatoms. The number of hydrogen-bond donors (Lipinski definition) is 0. The van der Waals surface area contributed by atoms with Crippen molar-refractivity contribution in [1.82, 2.24) is 15.0 Å². The van der Waals surface area contributed by atoms with Crippen LogP contribution in [0.25, 0.3) is 10.6 Å². The van der Waals surface area contributed by atoms with E-state index in [0.29, 0.717) is 10.6 Å². The van der Waals surface area contributed by atoms with Crippen molar-refractivity contribution >= 4 is 17.2 Å². The summed E-state index contributed by atoms with van der Waals surface area (Å²) in [6.45, 7) is 0.273. The molecule has 0 fully saturated rings. The Bertz CT molecular complexity index is 586. The molecule has 2 rings (SSSR count). The van der Waals surface area contributed by atoms with Gasteiger partial charge in [0, 0.05) is 32.1 Å². The Labute approximate surface area is 120 Å². The fraction of sp³-hybridized carbons (Fsp3) is 0.308. The molecule has 1 amide bonds. The second kappa shape index (κ2) is 6.56. The van der Waals surface area contributed by atoms with Gasteiger partial charge in [0.2, 0.25) is 0 Å². The first kappa shape index (κ1) is 14.6. The molecule has 0 bridgehead atoms. The smallest absolute Gasteiger partial charge is 0.289 e. The van der Waals surface area contributed by atoms with Gasteiger partial charge in [0.15, 0.2) is 0 Å². The Morgan fingerprint density at radius 2 is 2.25 bits per heavy atom. The van der Waals surface area contributed by atoms with Gasteiger partial charge in [-0.15, -0.1) is 11.3 Å². The van der Waals surface area contributed by atoms with E-state index in [4.69, 9.17) is 9.57 Å². The van der Waals surface area contributed by atoms with Crippen LogP contribution >= 0.6 is 11.3 Å². The van der Waals surface area contributed by atoms with Crippen molar-refractivity contribution in [3.8, 4) is 10.6 Å². The summed E-state index contributed by atoms with van der Waals surface area (Å²) in [6, 6.07) is 3.73. The molecule has 2 heterocycles. The molecule has 0 spiro atoms. The lowest BCUT2D eigenvalue weighted by atomic mass is 10.3. The number of carbonyl (C=O) groups is 1. The standard InChI is InChI=1S/C13H15N3O3S/c1-16(19-3)13(17)11-10(8-18-2)15-12(20-11)9-5-4-6-14-7-9/h4-7H,8H2,1-3H3. The molecule has 20 heavy (non-hydrogen) atoms. The summed E-state index contributed by atoms with van der Waals surface area (Å²) in [7, 11) is 4.57. The number of nitrogens with zero attached hydrogens (tertiary/aromatic N) is 3. The highest BCUT2D eigenvalue weighted by atomic mass is 32.1. The maximum atomic E-state index is 12.2. The zero-order chi connectivity index (χ0) is 14.5. The molecule has 0 saturated carbocycles. The fourth-order valence-electron chi connectivity index (χ4n) is 1.59. The van der Waals surface area contributed by atoms with Crippen LogP contribution in [0.15, 0.2) is 24.5 Å². The molecule has 6 nitrogen and oxygen atoms in total. The minimum atomic E-state index is -0.243. The molecule has 0 unspecified atom stereocenters. The number of rotatable bonds is 5. The lowest BCUT2D eigenvalue weighted by Crippen LogP contribution is -2.25. The third-order valence-electron chi connectivity index (χ3n) is 2.64. The Kier molecular flexibility index (Phi) is 4.78. The number of methoxy groups -OCH3 is 1. The maximum Gasteiger partial charge on any atom is 0.289 e. The normalized spacial score (nSPS) is 10.6. The van der Waals surface area contributed by atoms with E-state index in [9.17, 15) is 4.79 Å². The highest BCUT2D eigenvalue weighted by molar-refractivity contribution is 7.17. The summed E-state index contributed by atoms with van der Waals surface area (Å²) in [5.41, 5.74) is 1.47. The van der Waals surface area contributed by atoms with Gasteiger partial charge >= 0.3 is 0 Å². The molecule has 0 aromatic carbocycles. The van der Waals surface area contributed by atoms with Crippen molar-refractivity contribution in [2.75, 3.05) is 21.3 Å². The first-order valence-corrected chi connectivity index (χ1v) is 6.70. The zero-order valence-electron chi connectivity index (χ0n) is 11.5. The second-order valence-electron chi connectivity index (χ2n) is 3.95. The second-order valence-corrected chi connectivity index (χ2v) is 4.95. The maximum absolute atomic E-state index is 12.2. The SMILES string of the molecule is COCc1nc(-c2cccnc2)sc1C(=O)N(C)OC. The quantitative estimate of drug-likeness (QED) is 0.789. The van der Waals surface area contributed by atoms with Crippen LogP contribution in [0.2, 0.25) is 0 Å². The Morgan fingerprint density at radius 3 is 2.85 bits per heavy atom. The van der Waals surface area contributed by atoms with Crippen LogP contribution in [0, 0.1) is 0 Å². The van der Waals surface area contributed by atoms with E-state index in [2.05, 4.69) is 9.97 Å². The monoisotopic (exact) mass is 293 g/mol. The van der Waals surface area contributed by atoms with E-state index in [1.54, 1.807) is 26.6 Å². The Hall–Kier alpha value is -1.83. The Balaban J connectivity index is 2.41. The van der Waals surface area contributed by atoms with Crippen molar-refractivity contribution in [1.29, 1.82) is 0 Å². The van der Waals surface area contributed by atoms with Gasteiger partial charge < -0.3 is 4.74 Å². The van der Waals surface area contributed by atoms with Crippen molar-refractivity contribution in [3.05, 3.63) is 35.1 Å². The number of thiazole rings is 1. The van der Waals surface area contributed by atoms with Crippen LogP contribution < -0.4 is 0 Å². The third-order valence-corrected chi connectivity index (χ3v) is 3.78. The number of pyridine rings is 1. The van der Waals surface area contributed by atoms with E-state index in [-0.39, 0.29) is 12.5 Å². The van der Waals surface area contributed by atoms with Gasteiger partial charge in [0.05, 0.1) is 19.4 Å². The topological polar surface area (TPSA) is 64.6 Å². The number of aromatic nitrogens is 2. The van der Waals surface area contributed by atoms with Gasteiger partial charge in [0.25, 0.3) is 5.91 Å². The van der Waals surface area contributed by atoms with E-state index >= 15 is 0 Å². The van der Waals surface area contributed by atoms with E-state index < -0.39 is 0 Å². The largest absolute Gasteiger partial charge is 0.378 e. The van der Waals surface area contributed by atoms with Gasteiger partial charge in [0.1, 0.15) is 9.88 Å². The average Bonchev–Trinajstić information content (AvgIpc) is 2.91. The summed E-state index contributed by atoms with van der Waals surface area (Å²) >= 11 is 1.30. The number of amides is 1. The molecule has 0 aliphatic heterocycles. The highest BCUT2D eigenvalue weighted by Crippen LogP contribution is 2.28. The molecule has 0 aliphatic rings. The minimum absolute atomic E-state index is 0.243. The minimum Gasteiger partial charge on any atom is -0.378 e. The third kappa shape index (κ3) is 3.01. The highest BCUT2D eigenvalue weighted by Gasteiger charge is 2.22. The molecule has 2 aromatic heterocycles. The van der Waals surface area contributed by atoms with E-state index in [1.165, 1.54) is 23.5 Å². The van der Waals surface area contributed by atoms with Gasteiger partial charge in [-0.05, 0) is 12.1 Å². The molecule has 0 saturated heterocycles. The first-order chi connectivity index (χ1) is 9.67. The summed E-state index contributed by atoms with van der Waals surface area (Å²) < 4.78 is 5.10. The van der Waals surface area contributed by atoms with Crippen molar-refractivity contribution in [2.45, 2.75) is 6.61 Å². The average molecular weight is 293 g/mol. The molecule has 0 N–H and O–H groups in total. The Morgan fingerprint density at radius 1 is 1.45 bits per heavy atom. The fourth-order valence-corrected chi connectivity index (χ4v) is 2.62. The zero-order valence-corrected chi connectivity index (χ0v) is 12.3. The summed E-state index contributed by atoms with van der Waals surface area (Å²) in [6.07, 6.45) is 3.40. The van der Waals surface area contributed by atoms with Crippen LogP contribution in [0.4, 0.5) is 0 Å². The van der Waals surface area contributed by atoms with Gasteiger partial charge in [-0.3, -0.25) is 14.6 Å². The summed E-state index contributed by atoms with van der Waals surface area (Å²) in [5, 5.41) is 1.90. The van der Waals surface area contributed by atoms with Crippen molar-refractivity contribution < 1.29 is 14.4 Å². The predicted molar refractivity (Wildman–Crippen MR) is 75.2 cm³/mol. The van der Waals surface area contributed by atoms with Crippen LogP contribution in [-0.4, -0.2) is 42.2 Å². The van der Waals surface area contributed by atoms with Crippen LogP contribution in [-0.2, 0) is 16.2 Å². The molecule has 0 radical (unpaired) electrons. The van der Waals surface area contributed by atoms with Crippen molar-refractivity contribution in [2.24, 2.45) is 0 Å². The van der Waals surface area contributed by atoms with Gasteiger partial charge in [-0.25, -0.2) is 10.0 Å². The lowest BCUT2D eigenvalue weighted by molar-refractivity contribution is -0.0755. The predicted octanol–water partition coefficient (Wildman–Crippen LogP) is 1.98. The number of carbonyl (C=O) groups excluding carboxylic acids is 1. The molecule has 106 valence electrons. The summed E-state index contributed by atoms with van der Waals surface area (Å²) in [5.74, 6) is -0.243. The van der Waals surface area contributed by atoms with Gasteiger partial charge in [-0.1, -0.05) is 0 Å². The van der Waals surface area contributed by atoms with Crippen LogP contribution in [0.5, 0.6) is 0 Å². The molecule has 2 aromatic rings. The van der Waals surface area contributed by atoms with E-state index in [0.717, 1.165) is 10.6 Å². The van der Waals surface area contributed by atoms with Gasteiger partial charge in [-0.2, -0.15) is 0 Å². The molecule has 0 atom stereocenters. The number of hydrogen-bond acceptors (Lipinski definition) is 6. The molecule has 0 aliphatic carbocycles. The number of hydroxylamine groups is 2. The molecular weight excluding hydrogens is 278 g/mol. The first-order valence-electron chi connectivity index (χ1n) is 5.88. The van der Waals surface area contributed by atoms with Crippen molar-refractivity contribution in [3.63, 3.8) is 0 Å². The van der Waals surface area contributed by atoms with Crippen LogP contribution in [0.3, 0.4) is 0 Å².